The Morgan fingerprint density at radius 3 is 2.70 bits per heavy atom. The molecule has 3 aliphatic rings. The van der Waals surface area contributed by atoms with Crippen molar-refractivity contribution in [3.8, 4) is 11.8 Å². The third-order valence-corrected chi connectivity index (χ3v) is 7.20. The fraction of sp³-hybridized carbons (Fsp3) is 0.464. The Hall–Kier alpha value is -2.84. The molecule has 0 N–H and O–H groups in total. The van der Waals surface area contributed by atoms with Crippen molar-refractivity contribution in [2.75, 3.05) is 42.5 Å². The molecule has 2 fully saturated rings. The zero-order valence-electron chi connectivity index (χ0n) is 19.4. The quantitative estimate of drug-likeness (QED) is 0.629. The van der Waals surface area contributed by atoms with E-state index in [1.165, 1.54) is 32.0 Å². The Bertz CT molecular complexity index is 1100. The van der Waals surface area contributed by atoms with Crippen LogP contribution >= 0.6 is 0 Å². The van der Waals surface area contributed by atoms with Crippen molar-refractivity contribution >= 4 is 17.3 Å². The molecule has 3 aliphatic heterocycles. The Balaban J connectivity index is 1.30. The van der Waals surface area contributed by atoms with Crippen LogP contribution in [0.2, 0.25) is 0 Å². The molecule has 4 nitrogen and oxygen atoms in total. The van der Waals surface area contributed by atoms with Gasteiger partial charge in [0.2, 0.25) is 0 Å². The Labute approximate surface area is 196 Å². The number of halogens is 1. The van der Waals surface area contributed by atoms with Gasteiger partial charge in [-0.3, -0.25) is 9.69 Å². The third-order valence-electron chi connectivity index (χ3n) is 7.20. The molecular weight excluding hydrogens is 413 g/mol. The molecular formula is C28H32FN3O. The highest BCUT2D eigenvalue weighted by Gasteiger charge is 2.31. The van der Waals surface area contributed by atoms with E-state index in [2.05, 4.69) is 28.6 Å². The molecule has 3 heterocycles. The minimum atomic E-state index is -0.241. The van der Waals surface area contributed by atoms with Crippen molar-refractivity contribution in [2.24, 2.45) is 0 Å². The highest BCUT2D eigenvalue weighted by molar-refractivity contribution is 6.08. The van der Waals surface area contributed by atoms with Gasteiger partial charge in [-0.05, 0) is 87.2 Å². The van der Waals surface area contributed by atoms with Crippen LogP contribution in [0.15, 0.2) is 36.4 Å². The van der Waals surface area contributed by atoms with E-state index in [0.717, 1.165) is 49.9 Å². The van der Waals surface area contributed by atoms with E-state index in [-0.39, 0.29) is 11.7 Å². The number of unbranched alkanes of at least 4 members (excludes halogenated alkanes) is 1. The summed E-state index contributed by atoms with van der Waals surface area (Å²) >= 11 is 0. The van der Waals surface area contributed by atoms with Gasteiger partial charge in [-0.1, -0.05) is 18.8 Å². The van der Waals surface area contributed by atoms with Gasteiger partial charge in [0.15, 0.2) is 0 Å². The van der Waals surface area contributed by atoms with Crippen LogP contribution < -0.4 is 9.80 Å². The van der Waals surface area contributed by atoms with Crippen LogP contribution in [0.3, 0.4) is 0 Å². The lowest BCUT2D eigenvalue weighted by Crippen LogP contribution is -2.38. The average molecular weight is 446 g/mol. The zero-order valence-corrected chi connectivity index (χ0v) is 19.4. The topological polar surface area (TPSA) is 26.8 Å². The summed E-state index contributed by atoms with van der Waals surface area (Å²) in [7, 11) is 0. The number of anilines is 2. The fourth-order valence-electron chi connectivity index (χ4n) is 5.39. The van der Waals surface area contributed by atoms with E-state index in [1.54, 1.807) is 4.90 Å². The minimum Gasteiger partial charge on any atom is -0.368 e. The molecule has 172 valence electrons. The molecule has 1 amide bonds. The van der Waals surface area contributed by atoms with Crippen molar-refractivity contribution in [1.82, 2.24) is 4.90 Å². The first-order valence-electron chi connectivity index (χ1n) is 12.4. The number of benzene rings is 2. The van der Waals surface area contributed by atoms with Crippen LogP contribution in [0.1, 0.15) is 60.5 Å². The Morgan fingerprint density at radius 2 is 1.91 bits per heavy atom. The molecule has 0 spiro atoms. The lowest BCUT2D eigenvalue weighted by molar-refractivity contribution is 0.0980. The molecule has 0 bridgehead atoms. The van der Waals surface area contributed by atoms with Crippen molar-refractivity contribution in [3.05, 3.63) is 58.9 Å². The van der Waals surface area contributed by atoms with Gasteiger partial charge in [-0.15, -0.1) is 0 Å². The van der Waals surface area contributed by atoms with Gasteiger partial charge in [0.25, 0.3) is 5.91 Å². The predicted octanol–water partition coefficient (Wildman–Crippen LogP) is 4.85. The predicted molar refractivity (Wildman–Crippen MR) is 131 cm³/mol. The highest BCUT2D eigenvalue weighted by Crippen LogP contribution is 2.32. The van der Waals surface area contributed by atoms with E-state index in [0.29, 0.717) is 29.5 Å². The van der Waals surface area contributed by atoms with Crippen LogP contribution in [0, 0.1) is 17.7 Å². The van der Waals surface area contributed by atoms with E-state index in [4.69, 9.17) is 0 Å². The summed E-state index contributed by atoms with van der Waals surface area (Å²) in [5.41, 5.74) is 3.97. The molecule has 0 aliphatic carbocycles. The zero-order chi connectivity index (χ0) is 22.8. The monoisotopic (exact) mass is 445 g/mol. The minimum absolute atomic E-state index is 0.0632. The van der Waals surface area contributed by atoms with Crippen molar-refractivity contribution < 1.29 is 9.18 Å². The second-order valence-electron chi connectivity index (χ2n) is 9.40. The molecule has 0 saturated carbocycles. The van der Waals surface area contributed by atoms with E-state index in [9.17, 15) is 4.79 Å². The Morgan fingerprint density at radius 1 is 1.06 bits per heavy atom. The summed E-state index contributed by atoms with van der Waals surface area (Å²) in [6, 6.07) is 11.6. The van der Waals surface area contributed by atoms with Gasteiger partial charge in [-0.2, -0.15) is 0 Å². The lowest BCUT2D eigenvalue weighted by Gasteiger charge is -2.30. The van der Waals surface area contributed by atoms with Crippen molar-refractivity contribution in [3.63, 3.8) is 0 Å². The largest absolute Gasteiger partial charge is 0.368 e. The summed E-state index contributed by atoms with van der Waals surface area (Å²) in [5, 5.41) is 0. The molecule has 0 unspecified atom stereocenters. The molecule has 2 aromatic rings. The number of hydrogen-bond acceptors (Lipinski definition) is 3. The summed E-state index contributed by atoms with van der Waals surface area (Å²) in [5.74, 6) is 6.04. The molecule has 0 radical (unpaired) electrons. The van der Waals surface area contributed by atoms with Crippen LogP contribution in [0.4, 0.5) is 15.8 Å². The van der Waals surface area contributed by atoms with Gasteiger partial charge in [-0.25, -0.2) is 4.39 Å². The van der Waals surface area contributed by atoms with Crippen LogP contribution in [0.25, 0.3) is 0 Å². The number of carbonyl (C=O) groups excluding carboxylic acids is 1. The molecule has 1 atom stereocenters. The number of likely N-dealkylation sites (tertiary alicyclic amines) is 1. The maximum Gasteiger partial charge on any atom is 0.258 e. The van der Waals surface area contributed by atoms with Gasteiger partial charge >= 0.3 is 0 Å². The summed E-state index contributed by atoms with van der Waals surface area (Å²) in [6.07, 6.45) is 6.31. The van der Waals surface area contributed by atoms with E-state index >= 15 is 4.39 Å². The number of fused-ring (bicyclic) bond motifs is 1. The van der Waals surface area contributed by atoms with E-state index in [1.807, 2.05) is 30.3 Å². The van der Waals surface area contributed by atoms with Gasteiger partial charge in [0, 0.05) is 48.9 Å². The molecule has 2 saturated heterocycles. The first kappa shape index (κ1) is 22.0. The van der Waals surface area contributed by atoms with Crippen LogP contribution in [-0.4, -0.2) is 49.6 Å². The second-order valence-corrected chi connectivity index (χ2v) is 9.40. The average Bonchev–Trinajstić information content (AvgIpc) is 3.52. The Kier molecular flexibility index (Phi) is 6.37. The molecule has 0 aromatic heterocycles. The normalized spacial score (nSPS) is 20.7. The number of carbonyl (C=O) groups is 1. The van der Waals surface area contributed by atoms with E-state index < -0.39 is 0 Å². The first-order valence-corrected chi connectivity index (χ1v) is 12.4. The second kappa shape index (κ2) is 9.57. The molecule has 2 aromatic carbocycles. The van der Waals surface area contributed by atoms with Crippen molar-refractivity contribution in [2.45, 2.75) is 51.5 Å². The number of hydrogen-bond donors (Lipinski definition) is 0. The fourth-order valence-corrected chi connectivity index (χ4v) is 5.39. The highest BCUT2D eigenvalue weighted by atomic mass is 19.1. The molecule has 33 heavy (non-hydrogen) atoms. The lowest BCUT2D eigenvalue weighted by atomic mass is 9.96. The van der Waals surface area contributed by atoms with Gasteiger partial charge in [0.05, 0.1) is 5.69 Å². The van der Waals surface area contributed by atoms with Crippen LogP contribution in [0.5, 0.6) is 0 Å². The van der Waals surface area contributed by atoms with Crippen LogP contribution in [-0.2, 0) is 6.42 Å². The standard InChI is InChI=1S/C28H32FN3O/c1-2-3-4-7-21-8-10-25-22(18-21)12-17-32(28(25)33)23-9-11-27(26(29)19-23)31-16-13-24(20-31)30-14-5-6-15-30/h8-11,18-19,24H,2-3,5-6,12-17,20H2,1H3/t24-/m1/s1. The molecule has 5 rings (SSSR count). The summed E-state index contributed by atoms with van der Waals surface area (Å²) < 4.78 is 15.2. The maximum absolute atomic E-state index is 15.2. The smallest absolute Gasteiger partial charge is 0.258 e. The van der Waals surface area contributed by atoms with Gasteiger partial charge in [0.1, 0.15) is 5.82 Å². The number of rotatable bonds is 4. The SMILES string of the molecule is CCCC#Cc1ccc2c(c1)CCN(c1ccc(N3CC[C@@H](N4CCCC4)C3)c(F)c1)C2=O. The summed E-state index contributed by atoms with van der Waals surface area (Å²) in [4.78, 5) is 19.6. The molecule has 5 heteroatoms. The third kappa shape index (κ3) is 4.50. The number of amides is 1. The maximum atomic E-state index is 15.2. The van der Waals surface area contributed by atoms with Gasteiger partial charge < -0.3 is 9.80 Å². The summed E-state index contributed by atoms with van der Waals surface area (Å²) in [6.45, 7) is 6.78. The number of nitrogens with zero attached hydrogens (tertiary/aromatic N) is 3. The first-order chi connectivity index (χ1) is 16.1. The van der Waals surface area contributed by atoms with Crippen molar-refractivity contribution in [1.29, 1.82) is 0 Å².